The second kappa shape index (κ2) is 5.33. The Morgan fingerprint density at radius 3 is 2.50 bits per heavy atom. The third kappa shape index (κ3) is 3.05. The number of nitrogen functional groups attached to an aromatic ring is 1. The van der Waals surface area contributed by atoms with Crippen molar-refractivity contribution in [3.63, 3.8) is 0 Å². The average molecular weight is 291 g/mol. The summed E-state index contributed by atoms with van der Waals surface area (Å²) < 4.78 is 6.11. The molecule has 20 heavy (non-hydrogen) atoms. The standard InChI is InChI=1S/C16H19ClN2O/c1-10-9-12(18)6-8-14(10)20-16(3,4)15-13(17)7-5-11(2)19-15/h5-9H,18H2,1-4H3. The molecule has 106 valence electrons. The highest BCUT2D eigenvalue weighted by molar-refractivity contribution is 6.31. The number of benzene rings is 1. The van der Waals surface area contributed by atoms with Crippen molar-refractivity contribution in [2.45, 2.75) is 33.3 Å². The second-order valence-electron chi connectivity index (χ2n) is 5.42. The van der Waals surface area contributed by atoms with Crippen LogP contribution in [0.1, 0.15) is 30.8 Å². The van der Waals surface area contributed by atoms with Gasteiger partial charge in [0.25, 0.3) is 0 Å². The normalized spacial score (nSPS) is 11.4. The summed E-state index contributed by atoms with van der Waals surface area (Å²) in [6.07, 6.45) is 0. The Kier molecular flexibility index (Phi) is 3.91. The number of hydrogen-bond acceptors (Lipinski definition) is 3. The van der Waals surface area contributed by atoms with Crippen LogP contribution >= 0.6 is 11.6 Å². The van der Waals surface area contributed by atoms with E-state index in [4.69, 9.17) is 22.1 Å². The lowest BCUT2D eigenvalue weighted by Crippen LogP contribution is -2.27. The molecule has 1 aromatic heterocycles. The first kappa shape index (κ1) is 14.7. The van der Waals surface area contributed by atoms with E-state index >= 15 is 0 Å². The van der Waals surface area contributed by atoms with E-state index < -0.39 is 5.60 Å². The minimum Gasteiger partial charge on any atom is -0.481 e. The van der Waals surface area contributed by atoms with Crippen molar-refractivity contribution in [3.05, 3.63) is 52.3 Å². The van der Waals surface area contributed by atoms with E-state index in [0.29, 0.717) is 5.02 Å². The first-order valence-corrected chi connectivity index (χ1v) is 6.86. The molecule has 0 fully saturated rings. The monoisotopic (exact) mass is 290 g/mol. The Balaban J connectivity index is 2.37. The summed E-state index contributed by atoms with van der Waals surface area (Å²) in [6.45, 7) is 7.81. The summed E-state index contributed by atoms with van der Waals surface area (Å²) in [5, 5.41) is 0.605. The zero-order valence-electron chi connectivity index (χ0n) is 12.2. The Hall–Kier alpha value is -1.74. The van der Waals surface area contributed by atoms with Gasteiger partial charge in [-0.1, -0.05) is 11.6 Å². The van der Waals surface area contributed by atoms with Gasteiger partial charge in [-0.2, -0.15) is 0 Å². The molecule has 0 atom stereocenters. The van der Waals surface area contributed by atoms with Crippen molar-refractivity contribution >= 4 is 17.3 Å². The molecule has 3 nitrogen and oxygen atoms in total. The number of nitrogens with two attached hydrogens (primary N) is 1. The lowest BCUT2D eigenvalue weighted by molar-refractivity contribution is 0.103. The van der Waals surface area contributed by atoms with Gasteiger partial charge in [-0.15, -0.1) is 0 Å². The van der Waals surface area contributed by atoms with Gasteiger partial charge in [0, 0.05) is 11.4 Å². The molecular weight excluding hydrogens is 272 g/mol. The summed E-state index contributed by atoms with van der Waals surface area (Å²) in [6, 6.07) is 9.31. The van der Waals surface area contributed by atoms with Crippen molar-refractivity contribution in [3.8, 4) is 5.75 Å². The summed E-state index contributed by atoms with van der Waals surface area (Å²) in [4.78, 5) is 4.51. The third-order valence-corrected chi connectivity index (χ3v) is 3.42. The van der Waals surface area contributed by atoms with Crippen LogP contribution in [-0.2, 0) is 5.60 Å². The van der Waals surface area contributed by atoms with Crippen LogP contribution in [0.3, 0.4) is 0 Å². The SMILES string of the molecule is Cc1ccc(Cl)c(C(C)(C)Oc2ccc(N)cc2C)n1. The zero-order chi connectivity index (χ0) is 14.9. The van der Waals surface area contributed by atoms with Crippen LogP contribution in [0.5, 0.6) is 5.75 Å². The Morgan fingerprint density at radius 1 is 1.15 bits per heavy atom. The van der Waals surface area contributed by atoms with E-state index in [1.807, 2.05) is 58.0 Å². The second-order valence-corrected chi connectivity index (χ2v) is 5.83. The van der Waals surface area contributed by atoms with E-state index in [1.54, 1.807) is 0 Å². The predicted molar refractivity (Wildman–Crippen MR) is 83.2 cm³/mol. The molecule has 1 aromatic carbocycles. The van der Waals surface area contributed by atoms with E-state index in [2.05, 4.69) is 4.98 Å². The molecule has 0 radical (unpaired) electrons. The Bertz CT molecular complexity index is 638. The summed E-state index contributed by atoms with van der Waals surface area (Å²) in [5.41, 5.74) is 8.49. The van der Waals surface area contributed by atoms with Gasteiger partial charge in [-0.3, -0.25) is 4.98 Å². The third-order valence-electron chi connectivity index (χ3n) is 3.12. The van der Waals surface area contributed by atoms with Gasteiger partial charge in [-0.05, 0) is 63.6 Å². The lowest BCUT2D eigenvalue weighted by atomic mass is 10.0. The van der Waals surface area contributed by atoms with E-state index in [1.165, 1.54) is 0 Å². The number of anilines is 1. The van der Waals surface area contributed by atoms with Gasteiger partial charge in [0.1, 0.15) is 17.0 Å². The number of aryl methyl sites for hydroxylation is 2. The average Bonchev–Trinajstić information content (AvgIpc) is 2.35. The van der Waals surface area contributed by atoms with E-state index in [0.717, 1.165) is 28.4 Å². The maximum absolute atomic E-state index is 6.25. The van der Waals surface area contributed by atoms with E-state index in [-0.39, 0.29) is 0 Å². The molecule has 0 bridgehead atoms. The molecule has 0 spiro atoms. The van der Waals surface area contributed by atoms with Crippen LogP contribution in [0.4, 0.5) is 5.69 Å². The fourth-order valence-electron chi connectivity index (χ4n) is 2.07. The number of rotatable bonds is 3. The van der Waals surface area contributed by atoms with Crippen LogP contribution in [0.2, 0.25) is 5.02 Å². The van der Waals surface area contributed by atoms with Crippen LogP contribution < -0.4 is 10.5 Å². The molecule has 2 rings (SSSR count). The molecule has 0 unspecified atom stereocenters. The zero-order valence-corrected chi connectivity index (χ0v) is 13.0. The number of ether oxygens (including phenoxy) is 1. The molecule has 2 N–H and O–H groups in total. The quantitative estimate of drug-likeness (QED) is 0.860. The Labute approximate surface area is 124 Å². The molecular formula is C16H19ClN2O. The number of halogens is 1. The number of pyridine rings is 1. The highest BCUT2D eigenvalue weighted by Gasteiger charge is 2.28. The molecule has 0 aliphatic carbocycles. The number of nitrogens with zero attached hydrogens (tertiary/aromatic N) is 1. The van der Waals surface area contributed by atoms with Crippen molar-refractivity contribution in [1.82, 2.24) is 4.98 Å². The molecule has 2 aromatic rings. The van der Waals surface area contributed by atoms with Gasteiger partial charge in [0.2, 0.25) is 0 Å². The topological polar surface area (TPSA) is 48.1 Å². The van der Waals surface area contributed by atoms with Gasteiger partial charge in [0.05, 0.1) is 5.02 Å². The van der Waals surface area contributed by atoms with Gasteiger partial charge in [0.15, 0.2) is 0 Å². The molecule has 4 heteroatoms. The maximum Gasteiger partial charge on any atom is 0.147 e. The summed E-state index contributed by atoms with van der Waals surface area (Å²) in [7, 11) is 0. The van der Waals surface area contributed by atoms with Crippen molar-refractivity contribution in [2.75, 3.05) is 5.73 Å². The minimum absolute atomic E-state index is 0.605. The number of aromatic nitrogens is 1. The van der Waals surface area contributed by atoms with Gasteiger partial charge < -0.3 is 10.5 Å². The largest absolute Gasteiger partial charge is 0.481 e. The molecule has 0 aliphatic rings. The molecule has 0 saturated heterocycles. The van der Waals surface area contributed by atoms with Crippen LogP contribution in [-0.4, -0.2) is 4.98 Å². The van der Waals surface area contributed by atoms with Crippen molar-refractivity contribution < 1.29 is 4.74 Å². The summed E-state index contributed by atoms with van der Waals surface area (Å²) in [5.74, 6) is 0.781. The summed E-state index contributed by atoms with van der Waals surface area (Å²) >= 11 is 6.25. The van der Waals surface area contributed by atoms with Gasteiger partial charge in [-0.25, -0.2) is 0 Å². The Morgan fingerprint density at radius 2 is 1.85 bits per heavy atom. The smallest absolute Gasteiger partial charge is 0.147 e. The maximum atomic E-state index is 6.25. The van der Waals surface area contributed by atoms with Crippen molar-refractivity contribution in [2.24, 2.45) is 0 Å². The van der Waals surface area contributed by atoms with Crippen LogP contribution in [0, 0.1) is 13.8 Å². The van der Waals surface area contributed by atoms with E-state index in [9.17, 15) is 0 Å². The first-order valence-electron chi connectivity index (χ1n) is 6.48. The first-order chi connectivity index (χ1) is 9.29. The van der Waals surface area contributed by atoms with Crippen LogP contribution in [0.15, 0.2) is 30.3 Å². The number of hydrogen-bond donors (Lipinski definition) is 1. The predicted octanol–water partition coefficient (Wildman–Crippen LogP) is 4.25. The lowest BCUT2D eigenvalue weighted by Gasteiger charge is -2.28. The highest BCUT2D eigenvalue weighted by atomic mass is 35.5. The molecule has 0 aliphatic heterocycles. The van der Waals surface area contributed by atoms with Crippen molar-refractivity contribution in [1.29, 1.82) is 0 Å². The molecule has 0 amide bonds. The van der Waals surface area contributed by atoms with Gasteiger partial charge >= 0.3 is 0 Å². The minimum atomic E-state index is -0.621. The molecule has 0 saturated carbocycles. The highest BCUT2D eigenvalue weighted by Crippen LogP contribution is 2.33. The van der Waals surface area contributed by atoms with Crippen LogP contribution in [0.25, 0.3) is 0 Å². The fraction of sp³-hybridized carbons (Fsp3) is 0.312. The molecule has 1 heterocycles. The fourth-order valence-corrected chi connectivity index (χ4v) is 2.41.